The molecule has 1 N–H and O–H groups in total. The third kappa shape index (κ3) is 1.93. The van der Waals surface area contributed by atoms with Crippen molar-refractivity contribution in [2.75, 3.05) is 6.54 Å². The number of allylic oxidation sites excluding steroid dienone is 2. The van der Waals surface area contributed by atoms with Gasteiger partial charge >= 0.3 is 0 Å². The number of rotatable bonds is 1. The van der Waals surface area contributed by atoms with E-state index in [-0.39, 0.29) is 0 Å². The van der Waals surface area contributed by atoms with Gasteiger partial charge in [-0.3, -0.25) is 4.99 Å². The van der Waals surface area contributed by atoms with E-state index in [2.05, 4.69) is 29.4 Å². The van der Waals surface area contributed by atoms with Crippen LogP contribution < -0.4 is 5.32 Å². The molecule has 0 aromatic carbocycles. The molecule has 1 aliphatic heterocycles. The number of nitrogens with zero attached hydrogens (tertiary/aromatic N) is 1. The number of amidine groups is 1. The average molecular weight is 150 g/mol. The summed E-state index contributed by atoms with van der Waals surface area (Å²) in [4.78, 5) is 4.20. The van der Waals surface area contributed by atoms with Crippen molar-refractivity contribution >= 4 is 5.84 Å². The molecule has 0 amide bonds. The molecule has 0 bridgehead atoms. The quantitative estimate of drug-likeness (QED) is 0.606. The van der Waals surface area contributed by atoms with E-state index in [0.29, 0.717) is 0 Å². The van der Waals surface area contributed by atoms with Crippen LogP contribution in [0.4, 0.5) is 0 Å². The van der Waals surface area contributed by atoms with Gasteiger partial charge in [0.05, 0.1) is 12.4 Å². The fourth-order valence-electron chi connectivity index (χ4n) is 0.974. The number of aliphatic imine (C=N–C) groups is 1. The standard InChI is InChI=1S/C9H14N2/c1-4-7(2)9-5-6-10-8(3)11-9/h4-5H,6H2,1-3H3,(H,10,11). The van der Waals surface area contributed by atoms with Gasteiger partial charge in [0.2, 0.25) is 0 Å². The van der Waals surface area contributed by atoms with E-state index in [9.17, 15) is 0 Å². The van der Waals surface area contributed by atoms with Gasteiger partial charge in [-0.1, -0.05) is 6.08 Å². The number of hydrogen-bond donors (Lipinski definition) is 1. The van der Waals surface area contributed by atoms with Crippen LogP contribution >= 0.6 is 0 Å². The minimum Gasteiger partial charge on any atom is -0.344 e. The Morgan fingerprint density at radius 2 is 2.45 bits per heavy atom. The van der Waals surface area contributed by atoms with E-state index < -0.39 is 0 Å². The first kappa shape index (κ1) is 8.05. The SMILES string of the molecule is CC=C(C)C1=CCN=C(C)N1. The minimum atomic E-state index is 0.805. The second-order valence-corrected chi connectivity index (χ2v) is 2.64. The fourth-order valence-corrected chi connectivity index (χ4v) is 0.974. The van der Waals surface area contributed by atoms with Crippen LogP contribution in [0.3, 0.4) is 0 Å². The molecule has 0 aromatic rings. The minimum absolute atomic E-state index is 0.805. The lowest BCUT2D eigenvalue weighted by molar-refractivity contribution is 1.01. The first-order valence-corrected chi connectivity index (χ1v) is 3.85. The van der Waals surface area contributed by atoms with Crippen LogP contribution in [0.5, 0.6) is 0 Å². The van der Waals surface area contributed by atoms with Gasteiger partial charge in [-0.2, -0.15) is 0 Å². The van der Waals surface area contributed by atoms with Gasteiger partial charge < -0.3 is 5.32 Å². The molecule has 0 aromatic heterocycles. The molecule has 0 saturated heterocycles. The Balaban J connectivity index is 2.70. The molecule has 2 heteroatoms. The lowest BCUT2D eigenvalue weighted by Gasteiger charge is -2.14. The summed E-state index contributed by atoms with van der Waals surface area (Å²) in [5.74, 6) is 1.00. The van der Waals surface area contributed by atoms with Crippen molar-refractivity contribution in [3.05, 3.63) is 23.4 Å². The highest BCUT2D eigenvalue weighted by Gasteiger charge is 2.02. The van der Waals surface area contributed by atoms with Crippen molar-refractivity contribution in [1.29, 1.82) is 0 Å². The lowest BCUT2D eigenvalue weighted by atomic mass is 10.2. The topological polar surface area (TPSA) is 24.4 Å². The largest absolute Gasteiger partial charge is 0.344 e. The zero-order chi connectivity index (χ0) is 8.27. The third-order valence-corrected chi connectivity index (χ3v) is 1.80. The maximum atomic E-state index is 4.20. The Morgan fingerprint density at radius 1 is 1.73 bits per heavy atom. The van der Waals surface area contributed by atoms with Crippen LogP contribution in [0, 0.1) is 0 Å². The predicted molar refractivity (Wildman–Crippen MR) is 48.6 cm³/mol. The molecule has 1 aliphatic rings. The summed E-state index contributed by atoms with van der Waals surface area (Å²) < 4.78 is 0. The van der Waals surface area contributed by atoms with Crippen LogP contribution in [-0.4, -0.2) is 12.4 Å². The van der Waals surface area contributed by atoms with Crippen molar-refractivity contribution < 1.29 is 0 Å². The van der Waals surface area contributed by atoms with E-state index in [4.69, 9.17) is 0 Å². The van der Waals surface area contributed by atoms with Crippen molar-refractivity contribution in [3.8, 4) is 0 Å². The van der Waals surface area contributed by atoms with E-state index >= 15 is 0 Å². The van der Waals surface area contributed by atoms with Gasteiger partial charge in [0.1, 0.15) is 0 Å². The van der Waals surface area contributed by atoms with Crippen molar-refractivity contribution in [3.63, 3.8) is 0 Å². The fraction of sp³-hybridized carbons (Fsp3) is 0.444. The lowest BCUT2D eigenvalue weighted by Crippen LogP contribution is -2.24. The third-order valence-electron chi connectivity index (χ3n) is 1.80. The van der Waals surface area contributed by atoms with Crippen LogP contribution in [0.25, 0.3) is 0 Å². The van der Waals surface area contributed by atoms with Crippen LogP contribution in [-0.2, 0) is 0 Å². The second kappa shape index (κ2) is 3.37. The molecule has 0 radical (unpaired) electrons. The Bertz CT molecular complexity index is 234. The number of hydrogen-bond acceptors (Lipinski definition) is 2. The summed E-state index contributed by atoms with van der Waals surface area (Å²) >= 11 is 0. The molecular formula is C9H14N2. The van der Waals surface area contributed by atoms with Crippen LogP contribution in [0.1, 0.15) is 20.8 Å². The molecule has 0 aliphatic carbocycles. The van der Waals surface area contributed by atoms with Gasteiger partial charge in [-0.15, -0.1) is 0 Å². The Labute approximate surface area is 67.7 Å². The van der Waals surface area contributed by atoms with Crippen LogP contribution in [0.2, 0.25) is 0 Å². The van der Waals surface area contributed by atoms with Gasteiger partial charge in [-0.25, -0.2) is 0 Å². The maximum Gasteiger partial charge on any atom is 0.0979 e. The molecule has 60 valence electrons. The Kier molecular flexibility index (Phi) is 2.47. The summed E-state index contributed by atoms with van der Waals surface area (Å²) in [5.41, 5.74) is 2.47. The highest BCUT2D eigenvalue weighted by molar-refractivity contribution is 5.83. The van der Waals surface area contributed by atoms with Crippen molar-refractivity contribution in [2.24, 2.45) is 4.99 Å². The summed E-state index contributed by atoms with van der Waals surface area (Å²) in [6, 6.07) is 0. The summed E-state index contributed by atoms with van der Waals surface area (Å²) in [6.45, 7) is 6.92. The maximum absolute atomic E-state index is 4.20. The molecule has 11 heavy (non-hydrogen) atoms. The van der Waals surface area contributed by atoms with E-state index in [0.717, 1.165) is 12.4 Å². The zero-order valence-corrected chi connectivity index (χ0v) is 7.31. The first-order valence-electron chi connectivity index (χ1n) is 3.85. The molecule has 0 saturated carbocycles. The van der Waals surface area contributed by atoms with Gasteiger partial charge in [-0.05, 0) is 32.4 Å². The molecule has 0 spiro atoms. The summed E-state index contributed by atoms with van der Waals surface area (Å²) in [5, 5.41) is 3.21. The smallest absolute Gasteiger partial charge is 0.0979 e. The first-order chi connectivity index (χ1) is 5.24. The zero-order valence-electron chi connectivity index (χ0n) is 7.31. The second-order valence-electron chi connectivity index (χ2n) is 2.64. The molecule has 1 heterocycles. The predicted octanol–water partition coefficient (Wildman–Crippen LogP) is 1.86. The summed E-state index contributed by atoms with van der Waals surface area (Å²) in [6.07, 6.45) is 4.19. The normalized spacial score (nSPS) is 18.6. The van der Waals surface area contributed by atoms with Gasteiger partial charge in [0.15, 0.2) is 0 Å². The Hall–Kier alpha value is -1.05. The molecule has 1 rings (SSSR count). The molecule has 0 atom stereocenters. The highest BCUT2D eigenvalue weighted by Crippen LogP contribution is 2.07. The van der Waals surface area contributed by atoms with Crippen molar-refractivity contribution in [2.45, 2.75) is 20.8 Å². The highest BCUT2D eigenvalue weighted by atomic mass is 15.0. The van der Waals surface area contributed by atoms with E-state index in [1.54, 1.807) is 0 Å². The van der Waals surface area contributed by atoms with Crippen molar-refractivity contribution in [1.82, 2.24) is 5.32 Å². The average Bonchev–Trinajstić information content (AvgIpc) is 2.03. The Morgan fingerprint density at radius 3 is 3.00 bits per heavy atom. The van der Waals surface area contributed by atoms with Gasteiger partial charge in [0.25, 0.3) is 0 Å². The molecule has 0 unspecified atom stereocenters. The monoisotopic (exact) mass is 150 g/mol. The van der Waals surface area contributed by atoms with E-state index in [1.807, 2.05) is 13.8 Å². The van der Waals surface area contributed by atoms with Crippen LogP contribution in [0.15, 0.2) is 28.4 Å². The number of nitrogens with one attached hydrogen (secondary N) is 1. The molecule has 2 nitrogen and oxygen atoms in total. The molecular weight excluding hydrogens is 136 g/mol. The van der Waals surface area contributed by atoms with E-state index in [1.165, 1.54) is 11.3 Å². The molecule has 0 fully saturated rings. The summed E-state index contributed by atoms with van der Waals surface area (Å²) in [7, 11) is 0. The van der Waals surface area contributed by atoms with Gasteiger partial charge in [0, 0.05) is 5.70 Å².